The van der Waals surface area contributed by atoms with E-state index >= 15 is 0 Å². The van der Waals surface area contributed by atoms with Crippen LogP contribution in [0.4, 0.5) is 0 Å². The van der Waals surface area contributed by atoms with Crippen LogP contribution in [0.1, 0.15) is 76.1 Å². The van der Waals surface area contributed by atoms with Crippen LogP contribution in [0, 0.1) is 0 Å². The van der Waals surface area contributed by atoms with Gasteiger partial charge in [-0.1, -0.05) is 75.9 Å². The first-order valence-corrected chi connectivity index (χ1v) is 10.6. The van der Waals surface area contributed by atoms with E-state index in [1.165, 1.54) is 5.56 Å². The van der Waals surface area contributed by atoms with Crippen molar-refractivity contribution < 1.29 is 5.11 Å². The number of aliphatic hydroxyl groups is 1. The van der Waals surface area contributed by atoms with Crippen molar-refractivity contribution in [2.24, 2.45) is 0 Å². The SMILES string of the molecule is C=Cc1c(C(=C)CCC)ccc(C(C)(C)O)c1-c1ccc(C(C)(CC)NC)cc1. The van der Waals surface area contributed by atoms with Crippen molar-refractivity contribution in [2.75, 3.05) is 7.05 Å². The molecule has 2 rings (SSSR count). The van der Waals surface area contributed by atoms with Gasteiger partial charge in [-0.25, -0.2) is 0 Å². The third-order valence-electron chi connectivity index (χ3n) is 6.11. The van der Waals surface area contributed by atoms with Crippen molar-refractivity contribution >= 4 is 11.6 Å². The maximum absolute atomic E-state index is 10.9. The molecular weight excluding hydrogens is 354 g/mol. The number of benzene rings is 2. The number of hydrogen-bond acceptors (Lipinski definition) is 2. The predicted molar refractivity (Wildman–Crippen MR) is 128 cm³/mol. The van der Waals surface area contributed by atoms with Crippen molar-refractivity contribution in [1.82, 2.24) is 5.32 Å². The molecule has 2 heteroatoms. The highest BCUT2D eigenvalue weighted by Gasteiger charge is 2.26. The molecule has 29 heavy (non-hydrogen) atoms. The number of allylic oxidation sites excluding steroid dienone is 1. The Kier molecular flexibility index (Phi) is 7.26. The highest BCUT2D eigenvalue weighted by molar-refractivity contribution is 5.86. The van der Waals surface area contributed by atoms with Gasteiger partial charge in [0.1, 0.15) is 0 Å². The Balaban J connectivity index is 2.73. The number of hydrogen-bond donors (Lipinski definition) is 2. The maximum atomic E-state index is 10.9. The Morgan fingerprint density at radius 2 is 1.69 bits per heavy atom. The molecule has 1 atom stereocenters. The zero-order chi connectivity index (χ0) is 21.8. The fraction of sp³-hybridized carbons (Fsp3) is 0.407. The highest BCUT2D eigenvalue weighted by Crippen LogP contribution is 2.40. The summed E-state index contributed by atoms with van der Waals surface area (Å²) in [5.41, 5.74) is 6.53. The van der Waals surface area contributed by atoms with E-state index in [0.29, 0.717) is 0 Å². The second kappa shape index (κ2) is 9.11. The van der Waals surface area contributed by atoms with Crippen LogP contribution < -0.4 is 5.32 Å². The summed E-state index contributed by atoms with van der Waals surface area (Å²) in [6.07, 6.45) is 4.89. The molecular formula is C27H37NO. The van der Waals surface area contributed by atoms with E-state index in [1.54, 1.807) is 0 Å². The van der Waals surface area contributed by atoms with E-state index in [1.807, 2.05) is 33.0 Å². The fourth-order valence-corrected chi connectivity index (χ4v) is 3.93. The van der Waals surface area contributed by atoms with Gasteiger partial charge < -0.3 is 10.4 Å². The van der Waals surface area contributed by atoms with Crippen molar-refractivity contribution in [3.63, 3.8) is 0 Å². The molecule has 0 aliphatic heterocycles. The average molecular weight is 392 g/mol. The van der Waals surface area contributed by atoms with Gasteiger partial charge in [0.05, 0.1) is 5.60 Å². The summed E-state index contributed by atoms with van der Waals surface area (Å²) < 4.78 is 0. The first-order valence-electron chi connectivity index (χ1n) is 10.6. The minimum absolute atomic E-state index is 0.0594. The van der Waals surface area contributed by atoms with E-state index in [2.05, 4.69) is 69.6 Å². The molecule has 2 N–H and O–H groups in total. The summed E-state index contributed by atoms with van der Waals surface area (Å²) in [6.45, 7) is 18.6. The molecule has 0 saturated carbocycles. The molecule has 0 saturated heterocycles. The predicted octanol–water partition coefficient (Wildman–Crippen LogP) is 6.88. The van der Waals surface area contributed by atoms with Gasteiger partial charge in [0.2, 0.25) is 0 Å². The lowest BCUT2D eigenvalue weighted by molar-refractivity contribution is 0.0792. The van der Waals surface area contributed by atoms with Crippen molar-refractivity contribution in [3.8, 4) is 11.1 Å². The second-order valence-electron chi connectivity index (χ2n) is 8.58. The van der Waals surface area contributed by atoms with Gasteiger partial charge >= 0.3 is 0 Å². The Hall–Kier alpha value is -2.16. The lowest BCUT2D eigenvalue weighted by Crippen LogP contribution is -2.35. The van der Waals surface area contributed by atoms with E-state index in [9.17, 15) is 5.11 Å². The average Bonchev–Trinajstić information content (AvgIpc) is 2.71. The molecule has 0 bridgehead atoms. The smallest absolute Gasteiger partial charge is 0.0846 e. The lowest BCUT2D eigenvalue weighted by atomic mass is 9.81. The van der Waals surface area contributed by atoms with Gasteiger partial charge in [0, 0.05) is 5.54 Å². The van der Waals surface area contributed by atoms with Gasteiger partial charge in [-0.15, -0.1) is 0 Å². The minimum atomic E-state index is -0.959. The molecule has 0 amide bonds. The van der Waals surface area contributed by atoms with E-state index in [-0.39, 0.29) is 5.54 Å². The molecule has 2 aromatic carbocycles. The van der Waals surface area contributed by atoms with Crippen LogP contribution in [-0.2, 0) is 11.1 Å². The van der Waals surface area contributed by atoms with Gasteiger partial charge in [0.25, 0.3) is 0 Å². The summed E-state index contributed by atoms with van der Waals surface area (Å²) in [5.74, 6) is 0. The standard InChI is InChI=1S/C27H37NO/c1-9-12-19(4)23-17-18-24(26(5,6)29)25(22(23)10-2)20-13-15-21(16-14-20)27(7,11-3)28-8/h10,13-18,28-29H,2,4,9,11-12H2,1,3,5-8H3. The molecule has 0 radical (unpaired) electrons. The molecule has 0 aromatic heterocycles. The molecule has 2 nitrogen and oxygen atoms in total. The maximum Gasteiger partial charge on any atom is 0.0846 e. The van der Waals surface area contributed by atoms with Crippen molar-refractivity contribution in [1.29, 1.82) is 0 Å². The van der Waals surface area contributed by atoms with Crippen LogP contribution in [-0.4, -0.2) is 12.2 Å². The van der Waals surface area contributed by atoms with Crippen molar-refractivity contribution in [3.05, 3.63) is 71.8 Å². The van der Waals surface area contributed by atoms with Gasteiger partial charge in [-0.2, -0.15) is 0 Å². The van der Waals surface area contributed by atoms with Crippen molar-refractivity contribution in [2.45, 2.75) is 65.0 Å². The summed E-state index contributed by atoms with van der Waals surface area (Å²) in [7, 11) is 2.00. The third kappa shape index (κ3) is 4.71. The fourth-order valence-electron chi connectivity index (χ4n) is 3.93. The first-order chi connectivity index (χ1) is 13.6. The van der Waals surface area contributed by atoms with Crippen LogP contribution in [0.25, 0.3) is 22.8 Å². The van der Waals surface area contributed by atoms with E-state index in [4.69, 9.17) is 0 Å². The first kappa shape index (κ1) is 23.1. The lowest BCUT2D eigenvalue weighted by Gasteiger charge is -2.29. The summed E-state index contributed by atoms with van der Waals surface area (Å²) in [5, 5.41) is 14.3. The molecule has 0 heterocycles. The Bertz CT molecular complexity index is 865. The molecule has 0 aliphatic rings. The third-order valence-corrected chi connectivity index (χ3v) is 6.11. The zero-order valence-electron chi connectivity index (χ0n) is 19.0. The zero-order valence-corrected chi connectivity index (χ0v) is 19.0. The van der Waals surface area contributed by atoms with Crippen LogP contribution in [0.5, 0.6) is 0 Å². The van der Waals surface area contributed by atoms with E-state index in [0.717, 1.165) is 52.7 Å². The highest BCUT2D eigenvalue weighted by atomic mass is 16.3. The summed E-state index contributed by atoms with van der Waals surface area (Å²) in [4.78, 5) is 0. The monoisotopic (exact) mass is 391 g/mol. The molecule has 0 fully saturated rings. The van der Waals surface area contributed by atoms with Crippen LogP contribution >= 0.6 is 0 Å². The molecule has 0 spiro atoms. The van der Waals surface area contributed by atoms with E-state index < -0.39 is 5.60 Å². The van der Waals surface area contributed by atoms with Gasteiger partial charge in [0.15, 0.2) is 0 Å². The molecule has 2 aromatic rings. The number of nitrogens with one attached hydrogen (secondary N) is 1. The molecule has 156 valence electrons. The number of rotatable bonds is 9. The van der Waals surface area contributed by atoms with Crippen LogP contribution in [0.15, 0.2) is 49.6 Å². The normalized spacial score (nSPS) is 13.8. The topological polar surface area (TPSA) is 32.3 Å². The Morgan fingerprint density at radius 1 is 1.07 bits per heavy atom. The van der Waals surface area contributed by atoms with Crippen LogP contribution in [0.3, 0.4) is 0 Å². The second-order valence-corrected chi connectivity index (χ2v) is 8.58. The summed E-state index contributed by atoms with van der Waals surface area (Å²) in [6, 6.07) is 12.8. The Morgan fingerprint density at radius 3 is 2.14 bits per heavy atom. The van der Waals surface area contributed by atoms with Gasteiger partial charge in [-0.3, -0.25) is 0 Å². The van der Waals surface area contributed by atoms with Gasteiger partial charge in [-0.05, 0) is 79.6 Å². The van der Waals surface area contributed by atoms with Crippen LogP contribution in [0.2, 0.25) is 0 Å². The minimum Gasteiger partial charge on any atom is -0.386 e. The Labute approximate surface area is 177 Å². The molecule has 0 aliphatic carbocycles. The molecule has 1 unspecified atom stereocenters. The quantitative estimate of drug-likeness (QED) is 0.488. The summed E-state index contributed by atoms with van der Waals surface area (Å²) >= 11 is 0. The largest absolute Gasteiger partial charge is 0.386 e.